The molecule has 8 rings (SSSR count). The highest BCUT2D eigenvalue weighted by Gasteiger charge is 2.51. The van der Waals surface area contributed by atoms with Crippen LogP contribution in [0.5, 0.6) is 5.75 Å². The van der Waals surface area contributed by atoms with Crippen LogP contribution in [0.15, 0.2) is 47.1 Å². The van der Waals surface area contributed by atoms with Crippen molar-refractivity contribution in [1.82, 2.24) is 20.4 Å². The van der Waals surface area contributed by atoms with Gasteiger partial charge in [-0.15, -0.1) is 0 Å². The molecule has 4 bridgehead atoms. The molecule has 42 heavy (non-hydrogen) atoms. The lowest BCUT2D eigenvalue weighted by molar-refractivity contribution is -0.123. The minimum Gasteiger partial charge on any atom is -0.508 e. The molecule has 4 fully saturated rings. The highest BCUT2D eigenvalue weighted by Crippen LogP contribution is 2.60. The maximum atomic E-state index is 13.5. The van der Waals surface area contributed by atoms with Gasteiger partial charge in [0.1, 0.15) is 11.8 Å². The maximum absolute atomic E-state index is 13.5. The summed E-state index contributed by atoms with van der Waals surface area (Å²) < 4.78 is 5.90. The number of rotatable bonds is 9. The average Bonchev–Trinajstić information content (AvgIpc) is 3.56. The summed E-state index contributed by atoms with van der Waals surface area (Å²) in [5.74, 6) is 3.71. The van der Waals surface area contributed by atoms with Crippen LogP contribution in [0, 0.1) is 37.0 Å². The van der Waals surface area contributed by atoms with Gasteiger partial charge in [-0.3, -0.25) is 4.79 Å². The van der Waals surface area contributed by atoms with Crippen molar-refractivity contribution in [3.63, 3.8) is 0 Å². The van der Waals surface area contributed by atoms with Crippen molar-refractivity contribution in [1.29, 1.82) is 0 Å². The summed E-state index contributed by atoms with van der Waals surface area (Å²) in [5, 5.41) is 18.6. The zero-order chi connectivity index (χ0) is 29.0. The molecule has 220 valence electrons. The lowest BCUT2D eigenvalue weighted by Gasteiger charge is -2.56. The molecule has 1 unspecified atom stereocenters. The highest BCUT2D eigenvalue weighted by atomic mass is 16.5. The van der Waals surface area contributed by atoms with E-state index in [1.807, 2.05) is 38.2 Å². The number of carbonyl (C=O) groups is 1. The van der Waals surface area contributed by atoms with Crippen LogP contribution in [0.25, 0.3) is 10.9 Å². The van der Waals surface area contributed by atoms with Crippen LogP contribution in [-0.2, 0) is 24.1 Å². The average molecular weight is 568 g/mol. The molecule has 8 nitrogen and oxygen atoms in total. The van der Waals surface area contributed by atoms with Crippen molar-refractivity contribution in [2.45, 2.75) is 83.7 Å². The summed E-state index contributed by atoms with van der Waals surface area (Å²) in [6.45, 7) is 3.85. The summed E-state index contributed by atoms with van der Waals surface area (Å²) in [5.41, 5.74) is 11.7. The fourth-order valence-electron chi connectivity index (χ4n) is 8.93. The molecular formula is C34H41N5O3. The number of nitrogens with two attached hydrogens (primary N) is 1. The van der Waals surface area contributed by atoms with Gasteiger partial charge in [-0.2, -0.15) is 4.98 Å². The van der Waals surface area contributed by atoms with Crippen LogP contribution in [0.4, 0.5) is 0 Å². The lowest BCUT2D eigenvalue weighted by Crippen LogP contribution is -2.47. The Morgan fingerprint density at radius 3 is 2.45 bits per heavy atom. The molecule has 2 heterocycles. The van der Waals surface area contributed by atoms with Gasteiger partial charge in [-0.1, -0.05) is 23.4 Å². The van der Waals surface area contributed by atoms with Crippen molar-refractivity contribution < 1.29 is 14.4 Å². The van der Waals surface area contributed by atoms with Gasteiger partial charge in [0.05, 0.1) is 6.04 Å². The monoisotopic (exact) mass is 567 g/mol. The zero-order valence-electron chi connectivity index (χ0n) is 24.5. The Hall–Kier alpha value is -3.65. The van der Waals surface area contributed by atoms with Crippen LogP contribution in [0.2, 0.25) is 0 Å². The molecule has 1 amide bonds. The van der Waals surface area contributed by atoms with E-state index < -0.39 is 12.1 Å². The molecule has 4 aliphatic rings. The van der Waals surface area contributed by atoms with Crippen molar-refractivity contribution in [3.05, 3.63) is 76.6 Å². The first kappa shape index (κ1) is 27.2. The number of hydrogen-bond donors (Lipinski definition) is 4. The van der Waals surface area contributed by atoms with Crippen LogP contribution in [-0.4, -0.2) is 32.2 Å². The third-order valence-corrected chi connectivity index (χ3v) is 10.3. The van der Waals surface area contributed by atoms with E-state index in [0.717, 1.165) is 63.2 Å². The molecule has 0 radical (unpaired) electrons. The number of amides is 1. The summed E-state index contributed by atoms with van der Waals surface area (Å²) in [7, 11) is 0. The Kier molecular flexibility index (Phi) is 6.84. The third-order valence-electron chi connectivity index (χ3n) is 10.3. The lowest BCUT2D eigenvalue weighted by atomic mass is 9.49. The molecule has 2 atom stereocenters. The van der Waals surface area contributed by atoms with Crippen LogP contribution in [0.3, 0.4) is 0 Å². The third kappa shape index (κ3) is 5.21. The van der Waals surface area contributed by atoms with E-state index >= 15 is 0 Å². The maximum Gasteiger partial charge on any atom is 0.249 e. The summed E-state index contributed by atoms with van der Waals surface area (Å²) in [6.07, 6.45) is 11.8. The molecule has 0 spiro atoms. The SMILES string of the molecule is Cc1cc(O)cc(C)c1CC(N)C(=O)N[C@@H](Cc1c[nH]c2ccccc12)c1nc(CC23CC4CC(CC(C4)C2)C3)no1. The fraction of sp³-hybridized carbons (Fsp3) is 0.500. The smallest absolute Gasteiger partial charge is 0.249 e. The molecule has 5 N–H and O–H groups in total. The Labute approximate surface area is 246 Å². The number of benzene rings is 2. The van der Waals surface area contributed by atoms with Gasteiger partial charge in [0.2, 0.25) is 11.8 Å². The van der Waals surface area contributed by atoms with Gasteiger partial charge >= 0.3 is 0 Å². The Balaban J connectivity index is 1.12. The number of nitrogens with one attached hydrogen (secondary N) is 2. The number of nitrogens with zero attached hydrogens (tertiary/aromatic N) is 2. The molecule has 4 aromatic rings. The number of phenolic OH excluding ortho intramolecular Hbond substituents is 1. The first-order valence-electron chi connectivity index (χ1n) is 15.5. The van der Waals surface area contributed by atoms with Crippen LogP contribution >= 0.6 is 0 Å². The number of aromatic amines is 1. The molecule has 8 heteroatoms. The number of aryl methyl sites for hydroxylation is 2. The first-order chi connectivity index (χ1) is 20.2. The number of carbonyl (C=O) groups excluding carboxylic acids is 1. The zero-order valence-corrected chi connectivity index (χ0v) is 24.5. The molecule has 4 saturated carbocycles. The Bertz CT molecular complexity index is 1560. The molecule has 0 aliphatic heterocycles. The predicted octanol–water partition coefficient (Wildman–Crippen LogP) is 5.60. The fourth-order valence-corrected chi connectivity index (χ4v) is 8.93. The van der Waals surface area contributed by atoms with E-state index in [4.69, 9.17) is 15.2 Å². The van der Waals surface area contributed by atoms with Crippen molar-refractivity contribution in [3.8, 4) is 5.75 Å². The second kappa shape index (κ2) is 10.6. The first-order valence-corrected chi connectivity index (χ1v) is 15.5. The van der Waals surface area contributed by atoms with Gasteiger partial charge in [-0.05, 0) is 122 Å². The normalized spacial score (nSPS) is 26.0. The van der Waals surface area contributed by atoms with Crippen LogP contribution < -0.4 is 11.1 Å². The highest BCUT2D eigenvalue weighted by molar-refractivity contribution is 5.84. The molecule has 4 aliphatic carbocycles. The second-order valence-corrected chi connectivity index (χ2v) is 13.6. The molecular weight excluding hydrogens is 526 g/mol. The topological polar surface area (TPSA) is 130 Å². The minimum atomic E-state index is -0.771. The standard InChI is InChI=1S/C34H41N5O3/c1-19-7-25(40)8-20(2)27(19)13-28(35)32(41)37-30(12-24-18-36-29-6-4-3-5-26(24)29)33-38-31(39-42-33)17-34-14-21-9-22(15-34)11-23(10-21)16-34/h3-8,18,21-23,28,30,36,40H,9-17,35H2,1-2H3,(H,37,41)/t21?,22?,23?,28?,30-,34?/m0/s1. The number of aromatic nitrogens is 3. The van der Waals surface area contributed by atoms with E-state index in [1.165, 1.54) is 38.5 Å². The van der Waals surface area contributed by atoms with E-state index in [0.29, 0.717) is 24.1 Å². The van der Waals surface area contributed by atoms with Gasteiger partial charge in [0.25, 0.3) is 0 Å². The van der Waals surface area contributed by atoms with E-state index in [1.54, 1.807) is 12.1 Å². The van der Waals surface area contributed by atoms with E-state index in [9.17, 15) is 9.90 Å². The largest absolute Gasteiger partial charge is 0.508 e. The van der Waals surface area contributed by atoms with Crippen molar-refractivity contribution >= 4 is 16.8 Å². The molecule has 2 aromatic carbocycles. The number of para-hydroxylation sites is 1. The quantitative estimate of drug-likeness (QED) is 0.208. The number of aromatic hydroxyl groups is 1. The van der Waals surface area contributed by atoms with E-state index in [2.05, 4.69) is 21.5 Å². The predicted molar refractivity (Wildman–Crippen MR) is 161 cm³/mol. The molecule has 2 aromatic heterocycles. The van der Waals surface area contributed by atoms with Gasteiger partial charge in [0, 0.05) is 29.9 Å². The summed E-state index contributed by atoms with van der Waals surface area (Å²) >= 11 is 0. The number of fused-ring (bicyclic) bond motifs is 1. The van der Waals surface area contributed by atoms with E-state index in [-0.39, 0.29) is 11.7 Å². The van der Waals surface area contributed by atoms with Crippen molar-refractivity contribution in [2.75, 3.05) is 0 Å². The Morgan fingerprint density at radius 2 is 1.76 bits per heavy atom. The number of phenols is 1. The molecule has 0 saturated heterocycles. The Morgan fingerprint density at radius 1 is 1.10 bits per heavy atom. The number of hydrogen-bond acceptors (Lipinski definition) is 6. The van der Waals surface area contributed by atoms with Gasteiger partial charge in [-0.25, -0.2) is 0 Å². The minimum absolute atomic E-state index is 0.214. The van der Waals surface area contributed by atoms with Gasteiger partial charge < -0.3 is 25.7 Å². The van der Waals surface area contributed by atoms with Crippen molar-refractivity contribution in [2.24, 2.45) is 28.9 Å². The second-order valence-electron chi connectivity index (χ2n) is 13.6. The van der Waals surface area contributed by atoms with Gasteiger partial charge in [0.15, 0.2) is 5.82 Å². The number of H-pyrrole nitrogens is 1. The summed E-state index contributed by atoms with van der Waals surface area (Å²) in [4.78, 5) is 21.8. The van der Waals surface area contributed by atoms with Crippen LogP contribution in [0.1, 0.15) is 78.5 Å². The summed E-state index contributed by atoms with van der Waals surface area (Å²) in [6, 6.07) is 10.3.